The summed E-state index contributed by atoms with van der Waals surface area (Å²) in [5, 5.41) is 10.6. The van der Waals surface area contributed by atoms with Gasteiger partial charge in [-0.15, -0.1) is 11.8 Å². The van der Waals surface area contributed by atoms with E-state index >= 15 is 0 Å². The molecule has 9 heteroatoms. The minimum absolute atomic E-state index is 0.0147. The number of non-ortho nitro benzene ring substituents is 1. The Morgan fingerprint density at radius 3 is 2.83 bits per heavy atom. The summed E-state index contributed by atoms with van der Waals surface area (Å²) in [6, 6.07) is 6.21. The molecule has 0 saturated carbocycles. The maximum absolute atomic E-state index is 12.4. The van der Waals surface area contributed by atoms with Crippen molar-refractivity contribution in [3.05, 3.63) is 39.9 Å². The number of nitro groups is 1. The van der Waals surface area contributed by atoms with Crippen LogP contribution in [-0.2, 0) is 14.3 Å². The number of rotatable bonds is 4. The molecule has 0 bridgehead atoms. The molecule has 2 aliphatic rings. The van der Waals surface area contributed by atoms with Crippen LogP contribution in [0.2, 0.25) is 0 Å². The number of carbonyl (C=O) groups is 2. The molecule has 8 nitrogen and oxygen atoms in total. The highest BCUT2D eigenvalue weighted by molar-refractivity contribution is 8.00. The van der Waals surface area contributed by atoms with Gasteiger partial charge in [-0.2, -0.15) is 0 Å². The van der Waals surface area contributed by atoms with Crippen molar-refractivity contribution < 1.29 is 19.2 Å². The number of morpholine rings is 1. The number of nitrogens with zero attached hydrogens (tertiary/aromatic N) is 3. The fraction of sp³-hybridized carbons (Fsp3) is 0.467. The van der Waals surface area contributed by atoms with Crippen molar-refractivity contribution in [2.24, 2.45) is 0 Å². The van der Waals surface area contributed by atoms with E-state index in [9.17, 15) is 19.7 Å². The highest BCUT2D eigenvalue weighted by Crippen LogP contribution is 2.39. The molecule has 1 aromatic carbocycles. The molecule has 2 amide bonds. The highest BCUT2D eigenvalue weighted by atomic mass is 32.2. The van der Waals surface area contributed by atoms with Crippen LogP contribution in [0.5, 0.6) is 0 Å². The molecule has 0 radical (unpaired) electrons. The van der Waals surface area contributed by atoms with Crippen LogP contribution < -0.4 is 0 Å². The van der Waals surface area contributed by atoms with Crippen LogP contribution in [0.3, 0.4) is 0 Å². The number of benzene rings is 1. The van der Waals surface area contributed by atoms with Gasteiger partial charge in [-0.3, -0.25) is 19.7 Å². The monoisotopic (exact) mass is 351 g/mol. The number of nitro benzene ring substituents is 1. The molecule has 0 aliphatic carbocycles. The van der Waals surface area contributed by atoms with Crippen molar-refractivity contribution in [2.75, 3.05) is 38.6 Å². The lowest BCUT2D eigenvalue weighted by Gasteiger charge is -2.30. The fourth-order valence-electron chi connectivity index (χ4n) is 2.75. The number of amides is 2. The van der Waals surface area contributed by atoms with E-state index in [1.165, 1.54) is 28.8 Å². The Kier molecular flexibility index (Phi) is 5.00. The topological polar surface area (TPSA) is 93.0 Å². The molecule has 2 fully saturated rings. The standard InChI is InChI=1S/C15H17N3O5S/c19-13(16-4-6-23-7-5-16)9-17-14(20)10-24-15(17)11-2-1-3-12(8-11)18(21)22/h1-3,8,15H,4-7,9-10H2/t15-/m1/s1. The van der Waals surface area contributed by atoms with Crippen LogP contribution in [0.4, 0.5) is 5.69 Å². The molecule has 2 saturated heterocycles. The van der Waals surface area contributed by atoms with E-state index in [0.717, 1.165) is 0 Å². The number of thioether (sulfide) groups is 1. The summed E-state index contributed by atoms with van der Waals surface area (Å²) in [6.07, 6.45) is 0. The van der Waals surface area contributed by atoms with Gasteiger partial charge in [-0.25, -0.2) is 0 Å². The lowest BCUT2D eigenvalue weighted by molar-refractivity contribution is -0.384. The first-order valence-electron chi connectivity index (χ1n) is 7.57. The summed E-state index contributed by atoms with van der Waals surface area (Å²) in [6.45, 7) is 2.04. The Balaban J connectivity index is 1.75. The molecule has 24 heavy (non-hydrogen) atoms. The zero-order chi connectivity index (χ0) is 17.1. The van der Waals surface area contributed by atoms with Crippen LogP contribution in [0.25, 0.3) is 0 Å². The molecular formula is C15H17N3O5S. The van der Waals surface area contributed by atoms with E-state index in [-0.39, 0.29) is 35.2 Å². The maximum atomic E-state index is 12.4. The average molecular weight is 351 g/mol. The summed E-state index contributed by atoms with van der Waals surface area (Å²) < 4.78 is 5.22. The first kappa shape index (κ1) is 16.7. The number of hydrogen-bond acceptors (Lipinski definition) is 6. The van der Waals surface area contributed by atoms with Crippen LogP contribution in [0, 0.1) is 10.1 Å². The van der Waals surface area contributed by atoms with Crippen molar-refractivity contribution in [1.82, 2.24) is 9.80 Å². The van der Waals surface area contributed by atoms with Crippen LogP contribution in [-0.4, -0.2) is 65.1 Å². The van der Waals surface area contributed by atoms with Crippen molar-refractivity contribution in [2.45, 2.75) is 5.37 Å². The van der Waals surface area contributed by atoms with E-state index in [2.05, 4.69) is 0 Å². The molecule has 2 aliphatic heterocycles. The third kappa shape index (κ3) is 3.51. The Morgan fingerprint density at radius 2 is 2.12 bits per heavy atom. The van der Waals surface area contributed by atoms with Crippen LogP contribution >= 0.6 is 11.8 Å². The number of hydrogen-bond donors (Lipinski definition) is 0. The Morgan fingerprint density at radius 1 is 1.38 bits per heavy atom. The van der Waals surface area contributed by atoms with Crippen molar-refractivity contribution in [3.63, 3.8) is 0 Å². The molecule has 3 rings (SSSR count). The minimum Gasteiger partial charge on any atom is -0.378 e. The van der Waals surface area contributed by atoms with Crippen molar-refractivity contribution in [1.29, 1.82) is 0 Å². The lowest BCUT2D eigenvalue weighted by Crippen LogP contribution is -2.46. The summed E-state index contributed by atoms with van der Waals surface area (Å²) >= 11 is 1.38. The Labute approximate surface area is 142 Å². The summed E-state index contributed by atoms with van der Waals surface area (Å²) in [5.74, 6) is 0.0201. The molecule has 0 unspecified atom stereocenters. The zero-order valence-electron chi connectivity index (χ0n) is 12.9. The van der Waals surface area contributed by atoms with Gasteiger partial charge in [-0.05, 0) is 5.56 Å². The van der Waals surface area contributed by atoms with E-state index in [1.807, 2.05) is 0 Å². The van der Waals surface area contributed by atoms with E-state index in [4.69, 9.17) is 4.74 Å². The third-order valence-electron chi connectivity index (χ3n) is 4.00. The Hall–Kier alpha value is -2.13. The number of carbonyl (C=O) groups excluding carboxylic acids is 2. The van der Waals surface area contributed by atoms with Crippen LogP contribution in [0.15, 0.2) is 24.3 Å². The summed E-state index contributed by atoms with van der Waals surface area (Å²) in [4.78, 5) is 38.2. The van der Waals surface area contributed by atoms with E-state index in [1.54, 1.807) is 17.0 Å². The first-order valence-corrected chi connectivity index (χ1v) is 8.62. The zero-order valence-corrected chi connectivity index (χ0v) is 13.7. The highest BCUT2D eigenvalue weighted by Gasteiger charge is 2.35. The Bertz CT molecular complexity index is 662. The predicted molar refractivity (Wildman–Crippen MR) is 87.4 cm³/mol. The van der Waals surface area contributed by atoms with Gasteiger partial charge in [0.15, 0.2) is 0 Å². The van der Waals surface area contributed by atoms with E-state index in [0.29, 0.717) is 31.9 Å². The molecule has 1 aromatic rings. The fourth-order valence-corrected chi connectivity index (χ4v) is 3.93. The van der Waals surface area contributed by atoms with Gasteiger partial charge in [0.25, 0.3) is 5.69 Å². The molecule has 128 valence electrons. The first-order chi connectivity index (χ1) is 11.6. The largest absolute Gasteiger partial charge is 0.378 e. The van der Waals surface area contributed by atoms with Gasteiger partial charge in [0.2, 0.25) is 11.8 Å². The minimum atomic E-state index is -0.464. The van der Waals surface area contributed by atoms with Gasteiger partial charge >= 0.3 is 0 Å². The van der Waals surface area contributed by atoms with Crippen molar-refractivity contribution >= 4 is 29.3 Å². The average Bonchev–Trinajstić information content (AvgIpc) is 2.96. The van der Waals surface area contributed by atoms with Gasteiger partial charge < -0.3 is 14.5 Å². The lowest BCUT2D eigenvalue weighted by atomic mass is 10.2. The second kappa shape index (κ2) is 7.18. The molecule has 0 N–H and O–H groups in total. The second-order valence-electron chi connectivity index (χ2n) is 5.53. The predicted octanol–water partition coefficient (Wildman–Crippen LogP) is 1.03. The smallest absolute Gasteiger partial charge is 0.269 e. The van der Waals surface area contributed by atoms with Crippen molar-refractivity contribution in [3.8, 4) is 0 Å². The summed E-state index contributed by atoms with van der Waals surface area (Å²) in [5.41, 5.74) is 0.640. The van der Waals surface area contributed by atoms with Gasteiger partial charge in [0.05, 0.1) is 23.9 Å². The van der Waals surface area contributed by atoms with Gasteiger partial charge in [-0.1, -0.05) is 12.1 Å². The third-order valence-corrected chi connectivity index (χ3v) is 5.26. The van der Waals surface area contributed by atoms with Gasteiger partial charge in [0, 0.05) is 25.2 Å². The van der Waals surface area contributed by atoms with E-state index < -0.39 is 4.92 Å². The molecular weight excluding hydrogens is 334 g/mol. The quantitative estimate of drug-likeness (QED) is 0.594. The molecule has 0 spiro atoms. The normalized spacial score (nSPS) is 21.2. The second-order valence-corrected chi connectivity index (χ2v) is 6.60. The summed E-state index contributed by atoms with van der Waals surface area (Å²) in [7, 11) is 0. The SMILES string of the molecule is O=C(CN1C(=O)CS[C@@H]1c1cccc([N+](=O)[O-])c1)N1CCOCC1. The van der Waals surface area contributed by atoms with Gasteiger partial charge in [0.1, 0.15) is 11.9 Å². The molecule has 2 heterocycles. The maximum Gasteiger partial charge on any atom is 0.269 e. The molecule has 0 aromatic heterocycles. The number of ether oxygens (including phenoxy) is 1. The van der Waals surface area contributed by atoms with Crippen LogP contribution in [0.1, 0.15) is 10.9 Å². The molecule has 1 atom stereocenters.